The van der Waals surface area contributed by atoms with Gasteiger partial charge in [-0.05, 0) is 68.2 Å². The van der Waals surface area contributed by atoms with Crippen LogP contribution in [0.5, 0.6) is 5.75 Å². The van der Waals surface area contributed by atoms with Crippen molar-refractivity contribution in [2.45, 2.75) is 64.6 Å². The second kappa shape index (κ2) is 6.91. The fourth-order valence-corrected chi connectivity index (χ4v) is 3.79. The largest absolute Gasteiger partial charge is 0.508 e. The van der Waals surface area contributed by atoms with Crippen LogP contribution in [-0.2, 0) is 17.8 Å². The minimum Gasteiger partial charge on any atom is -0.508 e. The van der Waals surface area contributed by atoms with Crippen LogP contribution in [-0.4, -0.2) is 34.5 Å². The van der Waals surface area contributed by atoms with Gasteiger partial charge in [0.15, 0.2) is 0 Å². The average Bonchev–Trinajstić information content (AvgIpc) is 2.55. The molecule has 0 aromatic heterocycles. The van der Waals surface area contributed by atoms with E-state index in [-0.39, 0.29) is 11.9 Å². The molecule has 4 nitrogen and oxygen atoms in total. The van der Waals surface area contributed by atoms with Crippen molar-refractivity contribution in [1.29, 1.82) is 0 Å². The molecule has 1 fully saturated rings. The van der Waals surface area contributed by atoms with E-state index in [9.17, 15) is 9.90 Å². The summed E-state index contributed by atoms with van der Waals surface area (Å²) in [5.74, 6) is 1.25. The van der Waals surface area contributed by atoms with Crippen LogP contribution in [0.4, 0.5) is 0 Å². The van der Waals surface area contributed by atoms with Gasteiger partial charge in [-0.1, -0.05) is 13.0 Å². The molecule has 1 aliphatic heterocycles. The maximum atomic E-state index is 12.6. The number of phenols is 1. The third-order valence-corrected chi connectivity index (χ3v) is 5.52. The molecule has 23 heavy (non-hydrogen) atoms. The summed E-state index contributed by atoms with van der Waals surface area (Å²) in [5.41, 5.74) is 2.43. The summed E-state index contributed by atoms with van der Waals surface area (Å²) in [6.45, 7) is 5.92. The summed E-state index contributed by atoms with van der Waals surface area (Å²) in [5, 5.41) is 12.9. The van der Waals surface area contributed by atoms with Crippen molar-refractivity contribution in [2.75, 3.05) is 6.54 Å². The Morgan fingerprint density at radius 3 is 2.74 bits per heavy atom. The van der Waals surface area contributed by atoms with E-state index in [1.807, 2.05) is 19.1 Å². The molecule has 1 heterocycles. The van der Waals surface area contributed by atoms with E-state index in [0.29, 0.717) is 11.8 Å². The van der Waals surface area contributed by atoms with Gasteiger partial charge in [0.1, 0.15) is 5.75 Å². The van der Waals surface area contributed by atoms with Gasteiger partial charge >= 0.3 is 0 Å². The summed E-state index contributed by atoms with van der Waals surface area (Å²) in [6, 6.07) is 5.80. The Bertz CT molecular complexity index is 564. The van der Waals surface area contributed by atoms with Crippen molar-refractivity contribution in [3.8, 4) is 5.75 Å². The van der Waals surface area contributed by atoms with Gasteiger partial charge in [-0.15, -0.1) is 0 Å². The zero-order valence-corrected chi connectivity index (χ0v) is 14.2. The average molecular weight is 316 g/mol. The summed E-state index contributed by atoms with van der Waals surface area (Å²) in [7, 11) is 0. The normalized spacial score (nSPS) is 26.3. The zero-order chi connectivity index (χ0) is 16.4. The van der Waals surface area contributed by atoms with Gasteiger partial charge in [-0.3, -0.25) is 9.69 Å². The van der Waals surface area contributed by atoms with Crippen molar-refractivity contribution >= 4 is 5.91 Å². The van der Waals surface area contributed by atoms with Crippen LogP contribution in [0.25, 0.3) is 0 Å². The van der Waals surface area contributed by atoms with E-state index < -0.39 is 0 Å². The highest BCUT2D eigenvalue weighted by atomic mass is 16.3. The van der Waals surface area contributed by atoms with Crippen LogP contribution in [0.2, 0.25) is 0 Å². The quantitative estimate of drug-likeness (QED) is 0.901. The molecule has 126 valence electrons. The van der Waals surface area contributed by atoms with Crippen molar-refractivity contribution < 1.29 is 9.90 Å². The van der Waals surface area contributed by atoms with Gasteiger partial charge < -0.3 is 10.4 Å². The van der Waals surface area contributed by atoms with Crippen LogP contribution in [0.15, 0.2) is 18.2 Å². The van der Waals surface area contributed by atoms with Gasteiger partial charge in [0, 0.05) is 19.1 Å². The molecule has 1 saturated carbocycles. The predicted octanol–water partition coefficient (Wildman–Crippen LogP) is 2.83. The topological polar surface area (TPSA) is 52.6 Å². The minimum atomic E-state index is -0.121. The number of carbonyl (C=O) groups excluding carboxylic acids is 1. The van der Waals surface area contributed by atoms with Crippen LogP contribution in [0.1, 0.15) is 50.7 Å². The predicted molar refractivity (Wildman–Crippen MR) is 91.2 cm³/mol. The van der Waals surface area contributed by atoms with Gasteiger partial charge in [0.25, 0.3) is 0 Å². The van der Waals surface area contributed by atoms with E-state index in [1.165, 1.54) is 18.4 Å². The maximum Gasteiger partial charge on any atom is 0.237 e. The number of hydrogen-bond donors (Lipinski definition) is 2. The monoisotopic (exact) mass is 316 g/mol. The fraction of sp³-hybridized carbons (Fsp3) is 0.632. The summed E-state index contributed by atoms with van der Waals surface area (Å²) >= 11 is 0. The molecule has 1 aromatic carbocycles. The minimum absolute atomic E-state index is 0.121. The Kier molecular flexibility index (Phi) is 4.90. The van der Waals surface area contributed by atoms with Crippen molar-refractivity contribution in [3.05, 3.63) is 29.3 Å². The molecule has 0 bridgehead atoms. The number of nitrogens with zero attached hydrogens (tertiary/aromatic N) is 1. The number of fused-ring (bicyclic) bond motifs is 1. The standard InChI is InChI=1S/C19H28N2O2/c1-13-3-6-17(7-4-13)20-19(23)14(2)21-10-9-15-5-8-18(22)11-16(15)12-21/h5,8,11,13-14,17,22H,3-4,6-7,9-10,12H2,1-2H3,(H,20,23). The maximum absolute atomic E-state index is 12.6. The SMILES string of the molecule is CC1CCC(NC(=O)C(C)N2CCc3ccc(O)cc3C2)CC1. The molecule has 0 spiro atoms. The smallest absolute Gasteiger partial charge is 0.237 e. The Labute approximate surface area is 138 Å². The molecule has 2 N–H and O–H groups in total. The van der Waals surface area contributed by atoms with Crippen LogP contribution in [0.3, 0.4) is 0 Å². The number of amides is 1. The van der Waals surface area contributed by atoms with E-state index in [1.54, 1.807) is 6.07 Å². The Balaban J connectivity index is 1.57. The first-order valence-electron chi connectivity index (χ1n) is 8.88. The molecule has 1 unspecified atom stereocenters. The highest BCUT2D eigenvalue weighted by molar-refractivity contribution is 5.81. The number of phenolic OH excluding ortho intramolecular Hbond substituents is 1. The molecule has 3 rings (SSSR count). The number of hydrogen-bond acceptors (Lipinski definition) is 3. The van der Waals surface area contributed by atoms with Crippen LogP contribution in [0, 0.1) is 5.92 Å². The molecule has 2 aliphatic rings. The van der Waals surface area contributed by atoms with Crippen molar-refractivity contribution in [3.63, 3.8) is 0 Å². The molecular weight excluding hydrogens is 288 g/mol. The van der Waals surface area contributed by atoms with Gasteiger partial charge in [-0.25, -0.2) is 0 Å². The number of benzene rings is 1. The van der Waals surface area contributed by atoms with E-state index in [4.69, 9.17) is 0 Å². The zero-order valence-electron chi connectivity index (χ0n) is 14.2. The molecule has 1 aliphatic carbocycles. The highest BCUT2D eigenvalue weighted by Gasteiger charge is 2.28. The fourth-order valence-electron chi connectivity index (χ4n) is 3.79. The molecule has 1 atom stereocenters. The van der Waals surface area contributed by atoms with Crippen molar-refractivity contribution in [1.82, 2.24) is 10.2 Å². The van der Waals surface area contributed by atoms with Gasteiger partial charge in [0.2, 0.25) is 5.91 Å². The Morgan fingerprint density at radius 2 is 2.00 bits per heavy atom. The number of carbonyl (C=O) groups is 1. The summed E-state index contributed by atoms with van der Waals surface area (Å²) in [6.07, 6.45) is 5.59. The second-order valence-electron chi connectivity index (χ2n) is 7.31. The molecule has 0 saturated heterocycles. The Morgan fingerprint density at radius 1 is 1.26 bits per heavy atom. The lowest BCUT2D eigenvalue weighted by molar-refractivity contribution is -0.127. The number of aromatic hydroxyl groups is 1. The molecule has 1 amide bonds. The molecule has 1 aromatic rings. The first kappa shape index (κ1) is 16.3. The lowest BCUT2D eigenvalue weighted by Gasteiger charge is -2.34. The molecular formula is C19H28N2O2. The van der Waals surface area contributed by atoms with Crippen molar-refractivity contribution in [2.24, 2.45) is 5.92 Å². The van der Waals surface area contributed by atoms with Crippen LogP contribution >= 0.6 is 0 Å². The lowest BCUT2D eigenvalue weighted by atomic mass is 9.87. The third-order valence-electron chi connectivity index (χ3n) is 5.52. The summed E-state index contributed by atoms with van der Waals surface area (Å²) < 4.78 is 0. The van der Waals surface area contributed by atoms with E-state index in [0.717, 1.165) is 43.8 Å². The first-order chi connectivity index (χ1) is 11.0. The molecule has 4 heteroatoms. The first-order valence-corrected chi connectivity index (χ1v) is 8.88. The lowest BCUT2D eigenvalue weighted by Crippen LogP contribution is -2.50. The number of rotatable bonds is 3. The molecule has 0 radical (unpaired) electrons. The summed E-state index contributed by atoms with van der Waals surface area (Å²) in [4.78, 5) is 14.8. The van der Waals surface area contributed by atoms with Crippen LogP contribution < -0.4 is 5.32 Å². The Hall–Kier alpha value is -1.55. The van der Waals surface area contributed by atoms with Gasteiger partial charge in [0.05, 0.1) is 6.04 Å². The van der Waals surface area contributed by atoms with E-state index >= 15 is 0 Å². The van der Waals surface area contributed by atoms with Gasteiger partial charge in [-0.2, -0.15) is 0 Å². The second-order valence-corrected chi connectivity index (χ2v) is 7.31. The highest BCUT2D eigenvalue weighted by Crippen LogP contribution is 2.25. The third kappa shape index (κ3) is 3.86. The van der Waals surface area contributed by atoms with E-state index in [2.05, 4.69) is 17.1 Å². The number of nitrogens with one attached hydrogen (secondary N) is 1.